The van der Waals surface area contributed by atoms with Gasteiger partial charge in [-0.25, -0.2) is 14.0 Å². The van der Waals surface area contributed by atoms with E-state index in [2.05, 4.69) is 4.98 Å². The van der Waals surface area contributed by atoms with Crippen LogP contribution in [0.25, 0.3) is 0 Å². The van der Waals surface area contributed by atoms with Crippen molar-refractivity contribution in [2.45, 2.75) is 27.2 Å². The van der Waals surface area contributed by atoms with E-state index in [0.29, 0.717) is 16.9 Å². The van der Waals surface area contributed by atoms with Crippen LogP contribution >= 0.6 is 0 Å². The van der Waals surface area contributed by atoms with Crippen molar-refractivity contribution in [3.63, 3.8) is 0 Å². The molecule has 158 valence electrons. The van der Waals surface area contributed by atoms with E-state index in [4.69, 9.17) is 14.7 Å². The van der Waals surface area contributed by atoms with Gasteiger partial charge in [0.2, 0.25) is 0 Å². The maximum atomic E-state index is 13.2. The first-order chi connectivity index (χ1) is 14.3. The number of carbonyl (C=O) groups is 3. The van der Waals surface area contributed by atoms with Crippen molar-refractivity contribution in [3.05, 3.63) is 52.6 Å². The number of benzene rings is 1. The predicted octanol–water partition coefficient (Wildman–Crippen LogP) is 3.05. The second kappa shape index (κ2) is 10.2. The molecular formula is C21H22FN3O5. The molecule has 0 saturated heterocycles. The summed E-state index contributed by atoms with van der Waals surface area (Å²) in [6, 6.07) is 7.12. The van der Waals surface area contributed by atoms with Crippen LogP contribution in [0.3, 0.4) is 0 Å². The Morgan fingerprint density at radius 1 is 1.13 bits per heavy atom. The van der Waals surface area contributed by atoms with E-state index in [-0.39, 0.29) is 30.8 Å². The van der Waals surface area contributed by atoms with E-state index in [1.807, 2.05) is 6.07 Å². The third-order valence-corrected chi connectivity index (χ3v) is 4.33. The minimum Gasteiger partial charge on any atom is -0.462 e. The van der Waals surface area contributed by atoms with Gasteiger partial charge in [-0.1, -0.05) is 0 Å². The molecule has 2 aromatic rings. The average Bonchev–Trinajstić information content (AvgIpc) is 3.02. The highest BCUT2D eigenvalue weighted by atomic mass is 19.1. The van der Waals surface area contributed by atoms with Crippen molar-refractivity contribution < 1.29 is 28.2 Å². The van der Waals surface area contributed by atoms with Crippen LogP contribution in [0.1, 0.15) is 45.4 Å². The fraction of sp³-hybridized carbons (Fsp3) is 0.333. The molecule has 1 aromatic carbocycles. The summed E-state index contributed by atoms with van der Waals surface area (Å²) in [5.41, 5.74) is 1.49. The van der Waals surface area contributed by atoms with Crippen molar-refractivity contribution in [2.24, 2.45) is 0 Å². The predicted molar refractivity (Wildman–Crippen MR) is 105 cm³/mol. The summed E-state index contributed by atoms with van der Waals surface area (Å²) in [4.78, 5) is 41.1. The monoisotopic (exact) mass is 415 g/mol. The number of aromatic nitrogens is 1. The van der Waals surface area contributed by atoms with Gasteiger partial charge in [0.1, 0.15) is 11.5 Å². The van der Waals surface area contributed by atoms with Gasteiger partial charge in [0, 0.05) is 17.9 Å². The maximum absolute atomic E-state index is 13.2. The fourth-order valence-electron chi connectivity index (χ4n) is 2.92. The first kappa shape index (κ1) is 22.6. The van der Waals surface area contributed by atoms with Crippen molar-refractivity contribution in [3.8, 4) is 6.07 Å². The van der Waals surface area contributed by atoms with Crippen LogP contribution < -0.4 is 4.90 Å². The lowest BCUT2D eigenvalue weighted by atomic mass is 10.1. The zero-order chi connectivity index (χ0) is 22.3. The van der Waals surface area contributed by atoms with Crippen molar-refractivity contribution >= 4 is 23.5 Å². The number of esters is 2. The molecule has 0 spiro atoms. The lowest BCUT2D eigenvalue weighted by molar-refractivity contribution is -0.121. The Hall–Kier alpha value is -3.67. The third-order valence-electron chi connectivity index (χ3n) is 4.33. The normalized spacial score (nSPS) is 10.2. The number of nitrogens with one attached hydrogen (secondary N) is 1. The zero-order valence-electron chi connectivity index (χ0n) is 17.0. The van der Waals surface area contributed by atoms with Crippen molar-refractivity contribution in [2.75, 3.05) is 24.7 Å². The second-order valence-electron chi connectivity index (χ2n) is 6.35. The molecule has 0 aliphatic heterocycles. The van der Waals surface area contributed by atoms with Gasteiger partial charge in [-0.05, 0) is 50.6 Å². The number of amides is 1. The fourth-order valence-corrected chi connectivity index (χ4v) is 2.92. The summed E-state index contributed by atoms with van der Waals surface area (Å²) >= 11 is 0. The number of hydrogen-bond acceptors (Lipinski definition) is 6. The van der Waals surface area contributed by atoms with E-state index >= 15 is 0 Å². The average molecular weight is 415 g/mol. The Kier molecular flexibility index (Phi) is 7.69. The van der Waals surface area contributed by atoms with Crippen LogP contribution in [0.4, 0.5) is 10.1 Å². The molecule has 0 unspecified atom stereocenters. The van der Waals surface area contributed by atoms with Gasteiger partial charge in [-0.15, -0.1) is 0 Å². The number of nitriles is 1. The molecule has 1 amide bonds. The van der Waals surface area contributed by atoms with Gasteiger partial charge in [0.25, 0.3) is 5.91 Å². The van der Waals surface area contributed by atoms with Crippen molar-refractivity contribution in [1.29, 1.82) is 5.26 Å². The smallest absolute Gasteiger partial charge is 0.355 e. The number of anilines is 1. The molecule has 0 saturated carbocycles. The molecule has 0 aliphatic carbocycles. The first-order valence-electron chi connectivity index (χ1n) is 9.26. The Morgan fingerprint density at radius 2 is 1.80 bits per heavy atom. The molecule has 1 N–H and O–H groups in total. The van der Waals surface area contributed by atoms with Gasteiger partial charge in [0.05, 0.1) is 24.7 Å². The van der Waals surface area contributed by atoms with Crippen LogP contribution in [-0.4, -0.2) is 42.6 Å². The molecular weight excluding hydrogens is 393 g/mol. The summed E-state index contributed by atoms with van der Waals surface area (Å²) in [5, 5.41) is 8.82. The summed E-state index contributed by atoms with van der Waals surface area (Å²) in [6.45, 7) is 4.54. The topological polar surface area (TPSA) is 112 Å². The lowest BCUT2D eigenvalue weighted by Gasteiger charge is -2.21. The second-order valence-corrected chi connectivity index (χ2v) is 6.35. The van der Waals surface area contributed by atoms with Gasteiger partial charge in [-0.2, -0.15) is 5.26 Å². The SMILES string of the molecule is CCOC(=O)c1c(C)[nH]c(C(=O)OCC(=O)N(CCC#N)c2ccc(F)cc2)c1C. The molecule has 2 rings (SSSR count). The molecule has 9 heteroatoms. The van der Waals surface area contributed by atoms with E-state index < -0.39 is 30.3 Å². The molecule has 0 aliphatic rings. The number of halogens is 1. The Labute approximate surface area is 173 Å². The highest BCUT2D eigenvalue weighted by Crippen LogP contribution is 2.20. The van der Waals surface area contributed by atoms with Crippen LogP contribution in [-0.2, 0) is 14.3 Å². The molecule has 0 atom stereocenters. The molecule has 30 heavy (non-hydrogen) atoms. The Morgan fingerprint density at radius 3 is 2.40 bits per heavy atom. The van der Waals surface area contributed by atoms with Crippen molar-refractivity contribution in [1.82, 2.24) is 4.98 Å². The maximum Gasteiger partial charge on any atom is 0.355 e. The lowest BCUT2D eigenvalue weighted by Crippen LogP contribution is -2.35. The first-order valence-corrected chi connectivity index (χ1v) is 9.26. The number of hydrogen-bond donors (Lipinski definition) is 1. The highest BCUT2D eigenvalue weighted by molar-refractivity contribution is 6.00. The van der Waals surface area contributed by atoms with Gasteiger partial charge in [0.15, 0.2) is 6.61 Å². The molecule has 0 radical (unpaired) electrons. The Bertz CT molecular complexity index is 976. The standard InChI is InChI=1S/C21H22FN3O5/c1-4-29-20(27)18-13(2)19(24-14(18)3)21(28)30-12-17(26)25(11-5-10-23)16-8-6-15(22)7-9-16/h6-9,24H,4-5,11-12H2,1-3H3. The number of aryl methyl sites for hydroxylation is 1. The van der Waals surface area contributed by atoms with Gasteiger partial charge >= 0.3 is 11.9 Å². The summed E-state index contributed by atoms with van der Waals surface area (Å²) in [7, 11) is 0. The largest absolute Gasteiger partial charge is 0.462 e. The van der Waals surface area contributed by atoms with Crippen LogP contribution in [0.15, 0.2) is 24.3 Å². The van der Waals surface area contributed by atoms with Crippen LogP contribution in [0, 0.1) is 31.0 Å². The molecule has 1 heterocycles. The number of carbonyl (C=O) groups excluding carboxylic acids is 3. The van der Waals surface area contributed by atoms with Crippen LogP contribution in [0.2, 0.25) is 0 Å². The minimum atomic E-state index is -0.807. The molecule has 0 bridgehead atoms. The van der Waals surface area contributed by atoms with E-state index in [0.717, 1.165) is 0 Å². The third kappa shape index (κ3) is 5.23. The van der Waals surface area contributed by atoms with E-state index in [1.54, 1.807) is 20.8 Å². The zero-order valence-corrected chi connectivity index (χ0v) is 17.0. The van der Waals surface area contributed by atoms with Gasteiger partial charge in [-0.3, -0.25) is 4.79 Å². The molecule has 1 aromatic heterocycles. The minimum absolute atomic E-state index is 0.0497. The summed E-state index contributed by atoms with van der Waals surface area (Å²) < 4.78 is 23.3. The molecule has 8 nitrogen and oxygen atoms in total. The number of ether oxygens (including phenoxy) is 2. The van der Waals surface area contributed by atoms with Gasteiger partial charge < -0.3 is 19.4 Å². The van der Waals surface area contributed by atoms with Crippen LogP contribution in [0.5, 0.6) is 0 Å². The van der Waals surface area contributed by atoms with E-state index in [9.17, 15) is 18.8 Å². The quantitative estimate of drug-likeness (QED) is 0.663. The summed E-state index contributed by atoms with van der Waals surface area (Å²) in [5.74, 6) is -2.40. The van der Waals surface area contributed by atoms with E-state index in [1.165, 1.54) is 29.2 Å². The number of rotatable bonds is 8. The number of H-pyrrole nitrogens is 1. The number of nitrogens with zero attached hydrogens (tertiary/aromatic N) is 2. The molecule has 0 fully saturated rings. The summed E-state index contributed by atoms with van der Waals surface area (Å²) in [6.07, 6.45) is 0.0505. The Balaban J connectivity index is 2.12. The highest BCUT2D eigenvalue weighted by Gasteiger charge is 2.25. The number of aromatic amines is 1.